The summed E-state index contributed by atoms with van der Waals surface area (Å²) in [6, 6.07) is 12.7. The van der Waals surface area contributed by atoms with Crippen LogP contribution in [0.2, 0.25) is 0 Å². The molecule has 7 nitrogen and oxygen atoms in total. The lowest BCUT2D eigenvalue weighted by atomic mass is 9.97. The number of aryl methyl sites for hydroxylation is 1. The lowest BCUT2D eigenvalue weighted by molar-refractivity contribution is 0.188. The first-order valence-corrected chi connectivity index (χ1v) is 11.2. The summed E-state index contributed by atoms with van der Waals surface area (Å²) in [5.41, 5.74) is 7.37. The molecule has 6 rings (SSSR count). The van der Waals surface area contributed by atoms with Crippen molar-refractivity contribution in [3.63, 3.8) is 0 Å². The van der Waals surface area contributed by atoms with E-state index < -0.39 is 0 Å². The van der Waals surface area contributed by atoms with E-state index in [2.05, 4.69) is 61.1 Å². The lowest BCUT2D eigenvalue weighted by Gasteiger charge is -2.44. The summed E-state index contributed by atoms with van der Waals surface area (Å²) >= 11 is 0. The first-order chi connectivity index (χ1) is 16.1. The molecule has 4 aromatic rings. The molecule has 1 N–H and O–H groups in total. The van der Waals surface area contributed by atoms with Gasteiger partial charge in [-0.05, 0) is 54.9 Å². The van der Waals surface area contributed by atoms with Gasteiger partial charge in [0.15, 0.2) is 5.69 Å². The molecule has 0 radical (unpaired) electrons. The van der Waals surface area contributed by atoms with Crippen molar-refractivity contribution in [2.45, 2.75) is 13.0 Å². The molecule has 4 heterocycles. The Morgan fingerprint density at radius 1 is 1.15 bits per heavy atom. The average Bonchev–Trinajstić information content (AvgIpc) is 3.25. The molecule has 0 spiro atoms. The number of H-pyrrole nitrogens is 1. The molecule has 1 fully saturated rings. The Hall–Kier alpha value is -3.89. The molecule has 1 saturated heterocycles. The molecule has 1 unspecified atom stereocenters. The number of pyridine rings is 1. The maximum Gasteiger partial charge on any atom is 0.197 e. The van der Waals surface area contributed by atoms with Crippen molar-refractivity contribution in [1.82, 2.24) is 20.1 Å². The Kier molecular flexibility index (Phi) is 4.56. The molecule has 1 atom stereocenters. The lowest BCUT2D eigenvalue weighted by Crippen LogP contribution is -2.56. The number of nitrogens with zero attached hydrogens (tertiary/aromatic N) is 5. The molecule has 2 aromatic carbocycles. The fourth-order valence-corrected chi connectivity index (χ4v) is 5.00. The first-order valence-electron chi connectivity index (χ1n) is 11.2. The number of ether oxygens (including phenoxy) is 1. The van der Waals surface area contributed by atoms with Crippen molar-refractivity contribution in [2.24, 2.45) is 0 Å². The molecule has 0 bridgehead atoms. The summed E-state index contributed by atoms with van der Waals surface area (Å²) in [7, 11) is 2.17. The van der Waals surface area contributed by atoms with Gasteiger partial charge in [0.05, 0.1) is 29.5 Å². The van der Waals surface area contributed by atoms with Crippen LogP contribution in [0, 0.1) is 13.5 Å². The Morgan fingerprint density at radius 3 is 2.91 bits per heavy atom. The number of hydrogen-bond donors (Lipinski definition) is 1. The van der Waals surface area contributed by atoms with E-state index in [0.29, 0.717) is 18.3 Å². The number of benzene rings is 2. The highest BCUT2D eigenvalue weighted by Crippen LogP contribution is 2.41. The van der Waals surface area contributed by atoms with Crippen LogP contribution in [0.5, 0.6) is 5.75 Å². The van der Waals surface area contributed by atoms with Crippen LogP contribution in [0.4, 0.5) is 11.4 Å². The van der Waals surface area contributed by atoms with Gasteiger partial charge < -0.3 is 14.5 Å². The van der Waals surface area contributed by atoms with Crippen LogP contribution in [0.1, 0.15) is 5.56 Å². The standard InChI is InChI=1S/C26H24N6O/c1-16-6-7-28-13-21(16)19-11-20-23(12-22(19)27-2)29-30-26(20)17-4-5-24-25(10-17)33-15-18-14-31(3)8-9-32(18)24/h4-7,10-13,18H,8-9,14-15H2,1,3H3,(H,29,30). The number of piperazine rings is 1. The number of likely N-dealkylation sites (N-methyl/N-ethyl adjacent to an activating group) is 1. The van der Waals surface area contributed by atoms with Gasteiger partial charge >= 0.3 is 0 Å². The quantitative estimate of drug-likeness (QED) is 0.463. The first kappa shape index (κ1) is 19.8. The van der Waals surface area contributed by atoms with E-state index in [4.69, 9.17) is 11.3 Å². The summed E-state index contributed by atoms with van der Waals surface area (Å²) in [6.07, 6.45) is 3.60. The number of anilines is 1. The van der Waals surface area contributed by atoms with Crippen LogP contribution in [0.15, 0.2) is 48.8 Å². The van der Waals surface area contributed by atoms with Crippen LogP contribution in [-0.4, -0.2) is 59.4 Å². The minimum absolute atomic E-state index is 0.394. The van der Waals surface area contributed by atoms with Crippen molar-refractivity contribution < 1.29 is 4.74 Å². The minimum Gasteiger partial charge on any atom is -0.489 e. The summed E-state index contributed by atoms with van der Waals surface area (Å²) in [5.74, 6) is 0.908. The molecular weight excluding hydrogens is 412 g/mol. The van der Waals surface area contributed by atoms with Crippen molar-refractivity contribution in [3.05, 3.63) is 65.8 Å². The number of aromatic nitrogens is 3. The van der Waals surface area contributed by atoms with E-state index in [9.17, 15) is 0 Å². The summed E-state index contributed by atoms with van der Waals surface area (Å²) in [5, 5.41) is 8.72. The molecular formula is C26H24N6O. The van der Waals surface area contributed by atoms with E-state index in [0.717, 1.165) is 69.9 Å². The predicted octanol–water partition coefficient (Wildman–Crippen LogP) is 4.66. The highest BCUT2D eigenvalue weighted by molar-refractivity contribution is 6.00. The Labute approximate surface area is 192 Å². The maximum absolute atomic E-state index is 7.69. The van der Waals surface area contributed by atoms with Crippen molar-refractivity contribution >= 4 is 22.3 Å². The topological polar surface area (TPSA) is 61.6 Å². The van der Waals surface area contributed by atoms with Crippen LogP contribution in [-0.2, 0) is 0 Å². The Bertz CT molecular complexity index is 1420. The highest BCUT2D eigenvalue weighted by Gasteiger charge is 2.32. The van der Waals surface area contributed by atoms with Gasteiger partial charge in [-0.2, -0.15) is 5.10 Å². The molecule has 7 heteroatoms. The van der Waals surface area contributed by atoms with Gasteiger partial charge in [-0.25, -0.2) is 4.85 Å². The fraction of sp³-hybridized carbons (Fsp3) is 0.269. The van der Waals surface area contributed by atoms with E-state index in [1.807, 2.05) is 25.3 Å². The Morgan fingerprint density at radius 2 is 2.06 bits per heavy atom. The van der Waals surface area contributed by atoms with E-state index in [1.165, 1.54) is 0 Å². The zero-order chi connectivity index (χ0) is 22.5. The molecule has 0 saturated carbocycles. The Balaban J connectivity index is 1.45. The third-order valence-corrected chi connectivity index (χ3v) is 6.79. The van der Waals surface area contributed by atoms with Crippen molar-refractivity contribution in [1.29, 1.82) is 0 Å². The monoisotopic (exact) mass is 436 g/mol. The van der Waals surface area contributed by atoms with Gasteiger partial charge in [0, 0.05) is 43.0 Å². The molecule has 2 aliphatic heterocycles. The van der Waals surface area contributed by atoms with E-state index in [1.54, 1.807) is 6.20 Å². The van der Waals surface area contributed by atoms with E-state index >= 15 is 0 Å². The second kappa shape index (κ2) is 7.61. The third kappa shape index (κ3) is 3.22. The van der Waals surface area contributed by atoms with Crippen LogP contribution < -0.4 is 9.64 Å². The van der Waals surface area contributed by atoms with Gasteiger partial charge in [-0.3, -0.25) is 10.1 Å². The number of hydrogen-bond acceptors (Lipinski definition) is 5. The van der Waals surface area contributed by atoms with Crippen molar-refractivity contribution in [3.8, 4) is 28.1 Å². The molecule has 2 aliphatic rings. The second-order valence-electron chi connectivity index (χ2n) is 8.89. The van der Waals surface area contributed by atoms with Gasteiger partial charge in [0.2, 0.25) is 0 Å². The molecule has 33 heavy (non-hydrogen) atoms. The summed E-state index contributed by atoms with van der Waals surface area (Å²) in [6.45, 7) is 13.5. The zero-order valence-electron chi connectivity index (χ0n) is 18.7. The minimum atomic E-state index is 0.394. The molecule has 164 valence electrons. The van der Waals surface area contributed by atoms with Crippen molar-refractivity contribution in [2.75, 3.05) is 38.2 Å². The van der Waals surface area contributed by atoms with Gasteiger partial charge in [0.1, 0.15) is 12.4 Å². The SMILES string of the molecule is [C-]#[N+]c1cc2[nH]nc(-c3ccc4c(c3)OCC3CN(C)CCN43)c2cc1-c1cnccc1C. The molecule has 2 aromatic heterocycles. The molecule has 0 amide bonds. The maximum atomic E-state index is 7.69. The summed E-state index contributed by atoms with van der Waals surface area (Å²) < 4.78 is 6.18. The van der Waals surface area contributed by atoms with E-state index in [-0.39, 0.29) is 0 Å². The van der Waals surface area contributed by atoms with Gasteiger partial charge in [-0.15, -0.1) is 0 Å². The third-order valence-electron chi connectivity index (χ3n) is 6.79. The van der Waals surface area contributed by atoms with Gasteiger partial charge in [0.25, 0.3) is 0 Å². The largest absolute Gasteiger partial charge is 0.489 e. The smallest absolute Gasteiger partial charge is 0.197 e. The van der Waals surface area contributed by atoms with Gasteiger partial charge in [-0.1, -0.05) is 12.1 Å². The number of nitrogens with one attached hydrogen (secondary N) is 1. The number of rotatable bonds is 2. The predicted molar refractivity (Wildman–Crippen MR) is 130 cm³/mol. The van der Waals surface area contributed by atoms with Crippen LogP contribution in [0.25, 0.3) is 38.1 Å². The van der Waals surface area contributed by atoms with Crippen LogP contribution >= 0.6 is 0 Å². The second-order valence-corrected chi connectivity index (χ2v) is 8.89. The highest BCUT2D eigenvalue weighted by atomic mass is 16.5. The summed E-state index contributed by atoms with van der Waals surface area (Å²) in [4.78, 5) is 12.9. The number of fused-ring (bicyclic) bond motifs is 4. The average molecular weight is 437 g/mol. The van der Waals surface area contributed by atoms with Crippen LogP contribution in [0.3, 0.4) is 0 Å². The normalized spacial score (nSPS) is 17.8. The number of aromatic amines is 1. The zero-order valence-corrected chi connectivity index (χ0v) is 18.7. The fourth-order valence-electron chi connectivity index (χ4n) is 5.00. The molecule has 0 aliphatic carbocycles.